The molecule has 0 atom stereocenters. The quantitative estimate of drug-likeness (QED) is 0.0613. The van der Waals surface area contributed by atoms with Crippen LogP contribution in [0.1, 0.15) is 80.7 Å². The van der Waals surface area contributed by atoms with E-state index < -0.39 is 11.9 Å². The van der Waals surface area contributed by atoms with E-state index in [1.54, 1.807) is 12.1 Å². The minimum atomic E-state index is -1.15. The molecule has 2 aliphatic rings. The maximum absolute atomic E-state index is 13.1. The van der Waals surface area contributed by atoms with Crippen LogP contribution < -0.4 is 25.5 Å². The number of carbonyl (C=O) groups is 3. The zero-order valence-corrected chi connectivity index (χ0v) is 32.7. The van der Waals surface area contributed by atoms with Crippen molar-refractivity contribution in [2.45, 2.75) is 54.4 Å². The third kappa shape index (κ3) is 10.8. The number of carboxylic acids is 1. The van der Waals surface area contributed by atoms with Gasteiger partial charge in [0.25, 0.3) is 5.91 Å². The number of nitrogens with zero attached hydrogens (tertiary/aromatic N) is 2. The predicted octanol–water partition coefficient (Wildman–Crippen LogP) is 8.21. The van der Waals surface area contributed by atoms with Gasteiger partial charge in [-0.3, -0.25) is 9.59 Å². The zero-order valence-electron chi connectivity index (χ0n) is 32.7. The standard InChI is InChI=1S/C40H40N4O5.2C2H6/c1-25(2)9-10-26-11-14-28(15-12-26)42-37(45)8-7-21-41-39(46)27-13-18-31(34(22-27)40(47)48)38-32-19-16-29(43(3)4)23-35(32)49-36-24-30(44(5)6)17-20-33(36)38;2*1-2/h11-20,22-25H,7-8,21H2,1-6H3,(H2-,41,42,45,46,47,48);2*1-2H3/p+1. The predicted molar refractivity (Wildman–Crippen MR) is 218 cm³/mol. The molecule has 3 N–H and O–H groups in total. The Hall–Kier alpha value is -5.88. The van der Waals surface area contributed by atoms with Gasteiger partial charge in [-0.1, -0.05) is 59.4 Å². The Kier molecular flexibility index (Phi) is 15.4. The molecule has 9 heteroatoms. The van der Waals surface area contributed by atoms with Crippen LogP contribution in [-0.2, 0) is 4.79 Å². The molecule has 0 saturated heterocycles. The normalized spacial score (nSPS) is 10.2. The van der Waals surface area contributed by atoms with E-state index in [9.17, 15) is 19.5 Å². The molecule has 0 spiro atoms. The van der Waals surface area contributed by atoms with Crippen molar-refractivity contribution < 1.29 is 23.9 Å². The first-order valence-electron chi connectivity index (χ1n) is 18.2. The average molecular weight is 718 g/mol. The summed E-state index contributed by atoms with van der Waals surface area (Å²) >= 11 is 0. The summed E-state index contributed by atoms with van der Waals surface area (Å²) in [4.78, 5) is 40.2. The van der Waals surface area contributed by atoms with Gasteiger partial charge < -0.3 is 25.1 Å². The largest absolute Gasteiger partial charge is 0.478 e. The molecule has 3 aromatic rings. The fourth-order valence-electron chi connectivity index (χ4n) is 5.44. The van der Waals surface area contributed by atoms with Crippen molar-refractivity contribution >= 4 is 40.1 Å². The van der Waals surface area contributed by atoms with Crippen LogP contribution in [0.5, 0.6) is 0 Å². The maximum atomic E-state index is 13.1. The molecule has 2 amide bonds. The minimum Gasteiger partial charge on any atom is -0.478 e. The van der Waals surface area contributed by atoms with Crippen LogP contribution in [0, 0.1) is 17.8 Å². The number of benzene rings is 4. The second-order valence-corrected chi connectivity index (χ2v) is 12.6. The van der Waals surface area contributed by atoms with Gasteiger partial charge >= 0.3 is 5.97 Å². The molecule has 1 aliphatic heterocycles. The van der Waals surface area contributed by atoms with Crippen molar-refractivity contribution in [1.29, 1.82) is 0 Å². The number of aromatic carboxylic acids is 1. The van der Waals surface area contributed by atoms with Crippen LogP contribution >= 0.6 is 0 Å². The number of hydrogen-bond acceptors (Lipinski definition) is 5. The van der Waals surface area contributed by atoms with Crippen LogP contribution in [0.15, 0.2) is 83.3 Å². The number of carboxylic acid groups (broad SMARTS) is 1. The lowest BCUT2D eigenvalue weighted by Crippen LogP contribution is -2.25. The number of rotatable bonds is 9. The fraction of sp³-hybridized carbons (Fsp3) is 0.318. The Balaban J connectivity index is 0.00000183. The molecule has 0 aromatic heterocycles. The molecule has 0 bridgehead atoms. The van der Waals surface area contributed by atoms with Crippen LogP contribution in [0.2, 0.25) is 0 Å². The molecule has 9 nitrogen and oxygen atoms in total. The highest BCUT2D eigenvalue weighted by Gasteiger charge is 2.23. The first kappa shape index (κ1) is 41.5. The molecule has 0 fully saturated rings. The van der Waals surface area contributed by atoms with E-state index in [-0.39, 0.29) is 35.9 Å². The number of fused-ring (bicyclic) bond motifs is 2. The first-order chi connectivity index (χ1) is 25.4. The molecule has 0 radical (unpaired) electrons. The maximum Gasteiger partial charge on any atom is 0.336 e. The minimum absolute atomic E-state index is 0.00425. The lowest BCUT2D eigenvalue weighted by molar-refractivity contribution is -0.116. The Morgan fingerprint density at radius 1 is 0.868 bits per heavy atom. The number of amides is 2. The molecule has 3 aromatic carbocycles. The highest BCUT2D eigenvalue weighted by Crippen LogP contribution is 2.42. The van der Waals surface area contributed by atoms with Crippen molar-refractivity contribution in [2.24, 2.45) is 5.92 Å². The van der Waals surface area contributed by atoms with E-state index in [1.165, 1.54) is 6.07 Å². The SMILES string of the molecule is CC.CC.CC(C)C#Cc1ccc(NC(=O)CCCNC(=O)c2ccc(-c3c4ccc(=[N+](C)C)cc-4oc4cc(N(C)C)ccc34)c(C(=O)O)c2)cc1. The van der Waals surface area contributed by atoms with Crippen molar-refractivity contribution in [1.82, 2.24) is 9.89 Å². The number of carbonyl (C=O) groups excluding carboxylic acids is 2. The van der Waals surface area contributed by atoms with Crippen LogP contribution in [0.3, 0.4) is 0 Å². The van der Waals surface area contributed by atoms with E-state index in [1.807, 2.05) is 140 Å². The highest BCUT2D eigenvalue weighted by atomic mass is 16.4. The van der Waals surface area contributed by atoms with Gasteiger partial charge in [-0.15, -0.1) is 0 Å². The summed E-state index contributed by atoms with van der Waals surface area (Å²) in [5.41, 5.74) is 5.25. The summed E-state index contributed by atoms with van der Waals surface area (Å²) in [6.45, 7) is 12.3. The summed E-state index contributed by atoms with van der Waals surface area (Å²) in [6, 6.07) is 23.7. The first-order valence-corrected chi connectivity index (χ1v) is 18.2. The topological polar surface area (TPSA) is 115 Å². The van der Waals surface area contributed by atoms with Crippen molar-refractivity contribution in [3.8, 4) is 34.3 Å². The monoisotopic (exact) mass is 717 g/mol. The molecule has 1 aliphatic carbocycles. The summed E-state index contributed by atoms with van der Waals surface area (Å²) in [5.74, 6) is 5.35. The van der Waals surface area contributed by atoms with Crippen molar-refractivity contribution in [3.05, 3.63) is 101 Å². The van der Waals surface area contributed by atoms with Crippen LogP contribution in [-0.4, -0.2) is 57.6 Å². The Bertz CT molecular complexity index is 2150. The Morgan fingerprint density at radius 2 is 1.55 bits per heavy atom. The van der Waals surface area contributed by atoms with Crippen LogP contribution in [0.4, 0.5) is 11.4 Å². The fourth-order valence-corrected chi connectivity index (χ4v) is 5.44. The second kappa shape index (κ2) is 19.7. The third-order valence-corrected chi connectivity index (χ3v) is 8.04. The van der Waals surface area contributed by atoms with Crippen LogP contribution in [0.25, 0.3) is 33.4 Å². The van der Waals surface area contributed by atoms with Gasteiger partial charge in [0.2, 0.25) is 11.3 Å². The highest BCUT2D eigenvalue weighted by molar-refractivity contribution is 6.09. The number of anilines is 2. The van der Waals surface area contributed by atoms with Gasteiger partial charge in [0.15, 0.2) is 0 Å². The van der Waals surface area contributed by atoms with Gasteiger partial charge in [-0.2, -0.15) is 0 Å². The zero-order chi connectivity index (χ0) is 39.2. The lowest BCUT2D eigenvalue weighted by atomic mass is 9.89. The second-order valence-electron chi connectivity index (χ2n) is 12.6. The van der Waals surface area contributed by atoms with Crippen molar-refractivity contribution in [2.75, 3.05) is 45.0 Å². The third-order valence-electron chi connectivity index (χ3n) is 8.04. The van der Waals surface area contributed by atoms with Gasteiger partial charge in [-0.05, 0) is 66.6 Å². The molecular weight excluding hydrogens is 665 g/mol. The average Bonchev–Trinajstić information content (AvgIpc) is 3.16. The summed E-state index contributed by atoms with van der Waals surface area (Å²) < 4.78 is 8.35. The van der Waals surface area contributed by atoms with Gasteiger partial charge in [0.1, 0.15) is 25.4 Å². The molecule has 5 rings (SSSR count). The van der Waals surface area contributed by atoms with E-state index >= 15 is 0 Å². The lowest BCUT2D eigenvalue weighted by Gasteiger charge is -2.19. The van der Waals surface area contributed by atoms with E-state index in [0.717, 1.165) is 27.6 Å². The molecule has 53 heavy (non-hydrogen) atoms. The van der Waals surface area contributed by atoms with Gasteiger partial charge in [0, 0.05) is 84.1 Å². The van der Waals surface area contributed by atoms with E-state index in [4.69, 9.17) is 4.42 Å². The Labute approximate surface area is 313 Å². The summed E-state index contributed by atoms with van der Waals surface area (Å²) in [6.07, 6.45) is 0.619. The molecule has 1 heterocycles. The Morgan fingerprint density at radius 3 is 2.17 bits per heavy atom. The van der Waals surface area contributed by atoms with Crippen molar-refractivity contribution in [3.63, 3.8) is 0 Å². The molecule has 0 unspecified atom stereocenters. The number of nitrogens with one attached hydrogen (secondary N) is 2. The van der Waals surface area contributed by atoms with Gasteiger partial charge in [0.05, 0.1) is 11.6 Å². The molecular formula is C44H53N4O5+. The molecule has 0 saturated carbocycles. The van der Waals surface area contributed by atoms with Gasteiger partial charge in [-0.25, -0.2) is 9.37 Å². The summed E-state index contributed by atoms with van der Waals surface area (Å²) in [7, 11) is 7.77. The van der Waals surface area contributed by atoms with E-state index in [0.29, 0.717) is 34.6 Å². The summed E-state index contributed by atoms with van der Waals surface area (Å²) in [5, 5.41) is 17.7. The molecule has 278 valence electrons. The smallest absolute Gasteiger partial charge is 0.336 e. The van der Waals surface area contributed by atoms with E-state index in [2.05, 4.69) is 22.5 Å². The number of hydrogen-bond donors (Lipinski definition) is 3.